The quantitative estimate of drug-likeness (QED) is 0.539. The van der Waals surface area contributed by atoms with Gasteiger partial charge in [0.2, 0.25) is 0 Å². The van der Waals surface area contributed by atoms with Crippen LogP contribution in [0.1, 0.15) is 42.5 Å². The van der Waals surface area contributed by atoms with E-state index in [1.54, 1.807) is 57.5 Å². The summed E-state index contributed by atoms with van der Waals surface area (Å²) in [4.78, 5) is 16.8. The Morgan fingerprint density at radius 1 is 1.10 bits per heavy atom. The zero-order chi connectivity index (χ0) is 22.8. The van der Waals surface area contributed by atoms with Crippen molar-refractivity contribution in [3.63, 3.8) is 0 Å². The first kappa shape index (κ1) is 22.6. The van der Waals surface area contributed by atoms with Crippen molar-refractivity contribution in [1.82, 2.24) is 9.55 Å². The summed E-state index contributed by atoms with van der Waals surface area (Å²) in [5, 5.41) is -0.0499. The van der Waals surface area contributed by atoms with E-state index in [-0.39, 0.29) is 17.1 Å². The molecule has 7 nitrogen and oxygen atoms in total. The highest BCUT2D eigenvalue weighted by Gasteiger charge is 2.29. The summed E-state index contributed by atoms with van der Waals surface area (Å²) in [5.74, 6) is 0.0702. The molecule has 0 aliphatic carbocycles. The highest BCUT2D eigenvalue weighted by atomic mass is 32.2. The Morgan fingerprint density at radius 3 is 2.35 bits per heavy atom. The largest absolute Gasteiger partial charge is 0.456 e. The van der Waals surface area contributed by atoms with E-state index in [9.17, 15) is 13.2 Å². The first-order chi connectivity index (χ1) is 14.5. The van der Waals surface area contributed by atoms with Crippen LogP contribution in [0.15, 0.2) is 65.8 Å². The molecular formula is C23H27N3O4S. The monoisotopic (exact) mass is 441 g/mol. The van der Waals surface area contributed by atoms with Crippen molar-refractivity contribution in [3.8, 4) is 0 Å². The van der Waals surface area contributed by atoms with Gasteiger partial charge in [0.05, 0.1) is 17.8 Å². The fourth-order valence-electron chi connectivity index (χ4n) is 2.95. The average Bonchev–Trinajstić information content (AvgIpc) is 3.05. The molecular weight excluding hydrogens is 414 g/mol. The van der Waals surface area contributed by atoms with Crippen LogP contribution in [0.25, 0.3) is 0 Å². The molecule has 164 valence electrons. The van der Waals surface area contributed by atoms with Gasteiger partial charge in [0.1, 0.15) is 11.4 Å². The maximum Gasteiger partial charge on any atom is 0.338 e. The van der Waals surface area contributed by atoms with Crippen LogP contribution < -0.4 is 4.31 Å². The van der Waals surface area contributed by atoms with Gasteiger partial charge in [-0.05, 0) is 51.5 Å². The third-order valence-electron chi connectivity index (χ3n) is 4.58. The Kier molecular flexibility index (Phi) is 6.22. The molecule has 0 radical (unpaired) electrons. The number of rotatable bonds is 6. The van der Waals surface area contributed by atoms with Crippen LogP contribution in [-0.2, 0) is 28.4 Å². The van der Waals surface area contributed by atoms with E-state index in [1.807, 2.05) is 30.3 Å². The van der Waals surface area contributed by atoms with Crippen LogP contribution in [0, 0.1) is 6.92 Å². The third-order valence-corrected chi connectivity index (χ3v) is 6.22. The van der Waals surface area contributed by atoms with Crippen LogP contribution in [0.4, 0.5) is 5.69 Å². The first-order valence-electron chi connectivity index (χ1n) is 9.87. The molecule has 3 rings (SSSR count). The zero-order valence-corrected chi connectivity index (χ0v) is 19.2. The van der Waals surface area contributed by atoms with Gasteiger partial charge in [0.15, 0.2) is 5.03 Å². The molecule has 8 heteroatoms. The molecule has 1 aromatic heterocycles. The minimum absolute atomic E-state index is 0.0499. The van der Waals surface area contributed by atoms with E-state index < -0.39 is 21.6 Å². The summed E-state index contributed by atoms with van der Waals surface area (Å²) >= 11 is 0. The van der Waals surface area contributed by atoms with Crippen molar-refractivity contribution >= 4 is 21.7 Å². The molecule has 31 heavy (non-hydrogen) atoms. The second-order valence-corrected chi connectivity index (χ2v) is 10.1. The predicted molar refractivity (Wildman–Crippen MR) is 119 cm³/mol. The lowest BCUT2D eigenvalue weighted by atomic mass is 10.1. The number of benzene rings is 2. The number of ether oxygens (including phenoxy) is 1. The van der Waals surface area contributed by atoms with E-state index in [2.05, 4.69) is 4.98 Å². The van der Waals surface area contributed by atoms with Gasteiger partial charge in [-0.25, -0.2) is 9.78 Å². The van der Waals surface area contributed by atoms with Gasteiger partial charge in [0, 0.05) is 13.2 Å². The molecule has 0 unspecified atom stereocenters. The van der Waals surface area contributed by atoms with Gasteiger partial charge >= 0.3 is 5.97 Å². The van der Waals surface area contributed by atoms with E-state index in [0.717, 1.165) is 5.56 Å². The van der Waals surface area contributed by atoms with Crippen LogP contribution in [0.5, 0.6) is 0 Å². The van der Waals surface area contributed by atoms with Crippen LogP contribution in [0.2, 0.25) is 0 Å². The van der Waals surface area contributed by atoms with Gasteiger partial charge in [-0.3, -0.25) is 4.31 Å². The van der Waals surface area contributed by atoms with Gasteiger partial charge < -0.3 is 9.30 Å². The van der Waals surface area contributed by atoms with Crippen molar-refractivity contribution in [3.05, 3.63) is 77.7 Å². The lowest BCUT2D eigenvalue weighted by Crippen LogP contribution is -2.31. The number of anilines is 1. The number of esters is 1. The fraction of sp³-hybridized carbons (Fsp3) is 0.304. The molecule has 0 spiro atoms. The van der Waals surface area contributed by atoms with E-state index in [1.165, 1.54) is 16.6 Å². The third kappa shape index (κ3) is 5.32. The molecule has 0 N–H and O–H groups in total. The van der Waals surface area contributed by atoms with Gasteiger partial charge in [-0.15, -0.1) is 0 Å². The highest BCUT2D eigenvalue weighted by Crippen LogP contribution is 2.27. The van der Waals surface area contributed by atoms with E-state index in [0.29, 0.717) is 11.5 Å². The summed E-state index contributed by atoms with van der Waals surface area (Å²) < 4.78 is 35.5. The Labute approximate surface area is 183 Å². The van der Waals surface area contributed by atoms with Crippen LogP contribution in [-0.4, -0.2) is 29.5 Å². The second-order valence-electron chi connectivity index (χ2n) is 8.29. The first-order valence-corrected chi connectivity index (χ1v) is 11.3. The molecule has 0 saturated carbocycles. The summed E-state index contributed by atoms with van der Waals surface area (Å²) in [6.45, 7) is 7.18. The highest BCUT2D eigenvalue weighted by molar-refractivity contribution is 7.92. The lowest BCUT2D eigenvalue weighted by molar-refractivity contribution is 0.00695. The van der Waals surface area contributed by atoms with Crippen molar-refractivity contribution in [2.75, 3.05) is 4.31 Å². The van der Waals surface area contributed by atoms with E-state index >= 15 is 0 Å². The number of nitrogens with zero attached hydrogens (tertiary/aromatic N) is 3. The minimum Gasteiger partial charge on any atom is -0.456 e. The maximum absolute atomic E-state index is 13.5. The molecule has 0 amide bonds. The number of hydrogen-bond donors (Lipinski definition) is 0. The van der Waals surface area contributed by atoms with E-state index in [4.69, 9.17) is 4.74 Å². The SMILES string of the molecule is Cc1nc(S(=O)(=O)N(Cc2ccccc2)c2cccc(C(=O)OC(C)(C)C)c2)cn1C. The van der Waals surface area contributed by atoms with Crippen LogP contribution in [0.3, 0.4) is 0 Å². The predicted octanol–water partition coefficient (Wildman–Crippen LogP) is 4.08. The Balaban J connectivity index is 2.07. The number of aromatic nitrogens is 2. The number of carbonyl (C=O) groups is 1. The molecule has 0 fully saturated rings. The molecule has 0 aliphatic heterocycles. The Hall–Kier alpha value is -3.13. The van der Waals surface area contributed by atoms with Crippen molar-refractivity contribution < 1.29 is 17.9 Å². The summed E-state index contributed by atoms with van der Waals surface area (Å²) in [5.41, 5.74) is 0.781. The molecule has 3 aromatic rings. The zero-order valence-electron chi connectivity index (χ0n) is 18.4. The number of aryl methyl sites for hydroxylation is 2. The van der Waals surface area contributed by atoms with Crippen molar-refractivity contribution in [2.45, 2.75) is 44.9 Å². The van der Waals surface area contributed by atoms with Crippen molar-refractivity contribution in [1.29, 1.82) is 0 Å². The van der Waals surface area contributed by atoms with Crippen molar-refractivity contribution in [2.24, 2.45) is 7.05 Å². The van der Waals surface area contributed by atoms with Gasteiger partial charge in [-0.1, -0.05) is 36.4 Å². The normalized spacial score (nSPS) is 11.9. The van der Waals surface area contributed by atoms with Gasteiger partial charge in [0.25, 0.3) is 10.0 Å². The fourth-order valence-corrected chi connectivity index (χ4v) is 4.43. The summed E-state index contributed by atoms with van der Waals surface area (Å²) in [7, 11) is -2.24. The summed E-state index contributed by atoms with van der Waals surface area (Å²) in [6.07, 6.45) is 1.49. The number of imidazole rings is 1. The second kappa shape index (κ2) is 8.55. The standard InChI is InChI=1S/C23H27N3O4S/c1-17-24-21(16-25(17)5)31(28,29)26(15-18-10-7-6-8-11-18)20-13-9-12-19(14-20)22(27)30-23(2,3)4/h6-14,16H,15H2,1-5H3. The number of sulfonamides is 1. The molecule has 1 heterocycles. The van der Waals surface area contributed by atoms with Gasteiger partial charge in [-0.2, -0.15) is 8.42 Å². The molecule has 0 atom stereocenters. The average molecular weight is 442 g/mol. The Bertz CT molecular complexity index is 1160. The maximum atomic E-state index is 13.5. The lowest BCUT2D eigenvalue weighted by Gasteiger charge is -2.24. The topological polar surface area (TPSA) is 81.5 Å². The molecule has 0 bridgehead atoms. The molecule has 0 aliphatic rings. The number of carbonyl (C=O) groups excluding carboxylic acids is 1. The number of hydrogen-bond acceptors (Lipinski definition) is 5. The smallest absolute Gasteiger partial charge is 0.338 e. The van der Waals surface area contributed by atoms with Crippen LogP contribution >= 0.6 is 0 Å². The molecule has 2 aromatic carbocycles. The molecule has 0 saturated heterocycles. The Morgan fingerprint density at radius 2 is 1.77 bits per heavy atom. The minimum atomic E-state index is -3.98. The summed E-state index contributed by atoms with van der Waals surface area (Å²) in [6, 6.07) is 15.7.